The lowest BCUT2D eigenvalue weighted by Gasteiger charge is -2.19. The molecule has 1 aliphatic rings. The Hall–Kier alpha value is -0.950. The van der Waals surface area contributed by atoms with Crippen molar-refractivity contribution in [3.8, 4) is 0 Å². The van der Waals surface area contributed by atoms with E-state index in [1.54, 1.807) is 0 Å². The van der Waals surface area contributed by atoms with E-state index in [0.717, 1.165) is 10.8 Å². The summed E-state index contributed by atoms with van der Waals surface area (Å²) in [6.07, 6.45) is -5.52. The van der Waals surface area contributed by atoms with E-state index < -0.39 is 72.5 Å². The number of nitrogens with zero attached hydrogens (tertiary/aromatic N) is 2. The van der Waals surface area contributed by atoms with Crippen LogP contribution in [0, 0.1) is 0 Å². The zero-order valence-electron chi connectivity index (χ0n) is 18.9. The van der Waals surface area contributed by atoms with Gasteiger partial charge in [-0.2, -0.15) is 13.6 Å². The Morgan fingerprint density at radius 2 is 1.76 bits per heavy atom. The number of aromatic nitrogens is 2. The van der Waals surface area contributed by atoms with Crippen LogP contribution < -0.4 is 17.2 Å². The topological polar surface area (TPSA) is 317 Å². The first-order chi connectivity index (χ1) is 16.9. The van der Waals surface area contributed by atoms with Gasteiger partial charge in [-0.25, -0.2) is 18.5 Å². The Labute approximate surface area is 209 Å². The van der Waals surface area contributed by atoms with Gasteiger partial charge < -0.3 is 51.1 Å². The summed E-state index contributed by atoms with van der Waals surface area (Å²) in [7, 11) is -16.9. The van der Waals surface area contributed by atoms with Gasteiger partial charge in [0.05, 0.1) is 18.4 Å². The molecule has 5 unspecified atom stereocenters. The molecule has 22 heteroatoms. The monoisotopic (exact) mass is 598 g/mol. The van der Waals surface area contributed by atoms with Crippen LogP contribution in [0.15, 0.2) is 17.1 Å². The summed E-state index contributed by atoms with van der Waals surface area (Å²) in [4.78, 5) is 51.9. The standard InChI is InChI=1S/C15H29N4O15P3/c16-4-1-2-8(17)6-10(20)9-3-5-19(15(23)18-9)14-13(22)12(21)11(32-14)7-31-36(27,28)34-37(29,30)33-35(24,25)26/h3,5,8,10-14,20-22H,1-2,4,6-7,16-17H2,(H,27,28)(H,29,30)(H2,24,25,26)/t8?,10?,11-,12+,13?,14-/m1/s1. The maximum atomic E-state index is 12.5. The summed E-state index contributed by atoms with van der Waals surface area (Å²) in [5, 5.41) is 30.7. The predicted molar refractivity (Wildman–Crippen MR) is 120 cm³/mol. The fraction of sp³-hybridized carbons (Fsp3) is 0.733. The van der Waals surface area contributed by atoms with Crippen molar-refractivity contribution in [2.75, 3.05) is 13.2 Å². The Morgan fingerprint density at radius 1 is 1.11 bits per heavy atom. The molecule has 1 aromatic heterocycles. The molecule has 214 valence electrons. The molecule has 37 heavy (non-hydrogen) atoms. The average molecular weight is 598 g/mol. The number of nitrogens with two attached hydrogens (primary N) is 2. The smallest absolute Gasteiger partial charge is 0.387 e. The molecule has 0 aliphatic carbocycles. The van der Waals surface area contributed by atoms with Crippen LogP contribution in [0.25, 0.3) is 0 Å². The number of hydrogen-bond donors (Lipinski definition) is 9. The average Bonchev–Trinajstić information content (AvgIpc) is 3.02. The molecule has 1 aromatic rings. The summed E-state index contributed by atoms with van der Waals surface area (Å²) in [5.41, 5.74) is 10.3. The Bertz CT molecular complexity index is 1110. The zero-order valence-corrected chi connectivity index (χ0v) is 21.6. The second-order valence-corrected chi connectivity index (χ2v) is 12.3. The van der Waals surface area contributed by atoms with Gasteiger partial charge in [-0.3, -0.25) is 9.09 Å². The minimum Gasteiger partial charge on any atom is -0.387 e. The van der Waals surface area contributed by atoms with Gasteiger partial charge in [-0.1, -0.05) is 0 Å². The van der Waals surface area contributed by atoms with Crippen LogP contribution in [0.3, 0.4) is 0 Å². The van der Waals surface area contributed by atoms with Crippen molar-refractivity contribution in [1.29, 1.82) is 0 Å². The van der Waals surface area contributed by atoms with Gasteiger partial charge in [0, 0.05) is 12.2 Å². The minimum atomic E-state index is -5.76. The number of hydrogen-bond acceptors (Lipinski definition) is 14. The van der Waals surface area contributed by atoms with Gasteiger partial charge in [0.2, 0.25) is 0 Å². The highest BCUT2D eigenvalue weighted by Gasteiger charge is 2.46. The van der Waals surface area contributed by atoms with Gasteiger partial charge in [-0.05, 0) is 31.9 Å². The number of rotatable bonds is 14. The number of aliphatic hydroxyl groups is 3. The third kappa shape index (κ3) is 9.94. The van der Waals surface area contributed by atoms with Crippen LogP contribution in [0.1, 0.15) is 37.3 Å². The van der Waals surface area contributed by atoms with Crippen LogP contribution in [0.5, 0.6) is 0 Å². The maximum Gasteiger partial charge on any atom is 0.490 e. The molecule has 1 aliphatic heterocycles. The van der Waals surface area contributed by atoms with Crippen molar-refractivity contribution in [1.82, 2.24) is 9.55 Å². The number of phosphoric ester groups is 1. The van der Waals surface area contributed by atoms with Crippen molar-refractivity contribution in [2.24, 2.45) is 11.5 Å². The second-order valence-electron chi connectivity index (χ2n) is 7.92. The first kappa shape index (κ1) is 32.3. The quantitative estimate of drug-likeness (QED) is 0.102. The molecule has 11 N–H and O–H groups in total. The van der Waals surface area contributed by atoms with Gasteiger partial charge >= 0.3 is 29.2 Å². The van der Waals surface area contributed by atoms with Crippen molar-refractivity contribution in [3.63, 3.8) is 0 Å². The molecular weight excluding hydrogens is 569 g/mol. The third-order valence-corrected chi connectivity index (χ3v) is 8.73. The molecule has 2 heterocycles. The predicted octanol–water partition coefficient (Wildman–Crippen LogP) is -2.30. The molecule has 0 bridgehead atoms. The van der Waals surface area contributed by atoms with Crippen LogP contribution >= 0.6 is 23.5 Å². The molecule has 0 amide bonds. The Morgan fingerprint density at radius 3 is 2.32 bits per heavy atom. The highest BCUT2D eigenvalue weighted by Crippen LogP contribution is 2.66. The largest absolute Gasteiger partial charge is 0.490 e. The van der Waals surface area contributed by atoms with E-state index in [1.807, 2.05) is 0 Å². The van der Waals surface area contributed by atoms with E-state index in [1.165, 1.54) is 6.07 Å². The van der Waals surface area contributed by atoms with Gasteiger partial charge in [0.1, 0.15) is 18.3 Å². The van der Waals surface area contributed by atoms with Crippen LogP contribution in [-0.4, -0.2) is 81.9 Å². The number of ether oxygens (including phenoxy) is 1. The highest BCUT2D eigenvalue weighted by atomic mass is 31.3. The molecule has 1 fully saturated rings. The normalized spacial score (nSPS) is 27.4. The molecule has 8 atom stereocenters. The SMILES string of the molecule is NCCCC(N)CC(O)c1ccn([C@@H]2O[C@H](COP(=O)(O)OP(=O)(O)OP(=O)(O)O)[C@H](O)C2O)c(=O)n1. The number of aliphatic hydroxyl groups excluding tert-OH is 3. The molecule has 0 saturated carbocycles. The van der Waals surface area contributed by atoms with E-state index in [0.29, 0.717) is 19.4 Å². The minimum absolute atomic E-state index is 0.0123. The van der Waals surface area contributed by atoms with E-state index in [4.69, 9.17) is 30.9 Å². The van der Waals surface area contributed by atoms with E-state index in [2.05, 4.69) is 18.1 Å². The Kier molecular flexibility index (Phi) is 11.3. The van der Waals surface area contributed by atoms with Crippen LogP contribution in [0.4, 0.5) is 0 Å². The summed E-state index contributed by atoms with van der Waals surface area (Å²) >= 11 is 0. The van der Waals surface area contributed by atoms with Gasteiger partial charge in [-0.15, -0.1) is 0 Å². The Balaban J connectivity index is 2.05. The van der Waals surface area contributed by atoms with Crippen LogP contribution in [0.2, 0.25) is 0 Å². The van der Waals surface area contributed by atoms with Crippen molar-refractivity contribution < 1.29 is 66.5 Å². The first-order valence-corrected chi connectivity index (χ1v) is 15.0. The molecular formula is C15H29N4O15P3. The lowest BCUT2D eigenvalue weighted by Crippen LogP contribution is -2.36. The van der Waals surface area contributed by atoms with Crippen molar-refractivity contribution >= 4 is 23.5 Å². The van der Waals surface area contributed by atoms with E-state index in [9.17, 15) is 38.7 Å². The maximum absolute atomic E-state index is 12.5. The molecule has 0 spiro atoms. The summed E-state index contributed by atoms with van der Waals surface area (Å²) in [5.74, 6) is 0. The molecule has 0 radical (unpaired) electrons. The van der Waals surface area contributed by atoms with Gasteiger partial charge in [0.25, 0.3) is 0 Å². The summed E-state index contributed by atoms with van der Waals surface area (Å²) in [6, 6.07) is 0.858. The van der Waals surface area contributed by atoms with E-state index in [-0.39, 0.29) is 12.1 Å². The molecule has 0 aromatic carbocycles. The molecule has 2 rings (SSSR count). The fourth-order valence-corrected chi connectivity index (χ4v) is 6.31. The molecule has 1 saturated heterocycles. The number of phosphoric acid groups is 3. The van der Waals surface area contributed by atoms with Crippen molar-refractivity contribution in [2.45, 2.75) is 55.9 Å². The zero-order chi connectivity index (χ0) is 28.2. The highest BCUT2D eigenvalue weighted by molar-refractivity contribution is 7.66. The van der Waals surface area contributed by atoms with Crippen LogP contribution in [-0.2, 0) is 31.6 Å². The van der Waals surface area contributed by atoms with E-state index >= 15 is 0 Å². The summed E-state index contributed by atoms with van der Waals surface area (Å²) < 4.78 is 51.4. The lowest BCUT2D eigenvalue weighted by molar-refractivity contribution is -0.0543. The lowest BCUT2D eigenvalue weighted by atomic mass is 10.0. The summed E-state index contributed by atoms with van der Waals surface area (Å²) in [6.45, 7) is -0.631. The fourth-order valence-electron chi connectivity index (χ4n) is 3.28. The van der Waals surface area contributed by atoms with Crippen molar-refractivity contribution in [3.05, 3.63) is 28.4 Å². The second kappa shape index (κ2) is 12.9. The third-order valence-electron chi connectivity index (χ3n) is 4.93. The first-order valence-electron chi connectivity index (χ1n) is 10.5. The molecule has 19 nitrogen and oxygen atoms in total. The van der Waals surface area contributed by atoms with Gasteiger partial charge in [0.15, 0.2) is 6.23 Å².